The molecule has 0 saturated heterocycles. The van der Waals surface area contributed by atoms with Crippen molar-refractivity contribution in [3.63, 3.8) is 0 Å². The van der Waals surface area contributed by atoms with Crippen molar-refractivity contribution in [2.45, 2.75) is 64.0 Å². The molecule has 0 radical (unpaired) electrons. The zero-order valence-corrected chi connectivity index (χ0v) is 19.2. The first-order valence-corrected chi connectivity index (χ1v) is 17.4. The van der Waals surface area contributed by atoms with Gasteiger partial charge in [0.25, 0.3) is 0 Å². The summed E-state index contributed by atoms with van der Waals surface area (Å²) in [7, 11) is 0.754. The van der Waals surface area contributed by atoms with Gasteiger partial charge in [-0.1, -0.05) is 38.7 Å². The first-order valence-electron chi connectivity index (χ1n) is 9.17. The van der Waals surface area contributed by atoms with E-state index in [9.17, 15) is 9.46 Å². The second-order valence-corrected chi connectivity index (χ2v) is 17.8. The Morgan fingerprint density at radius 2 is 1.36 bits per heavy atom. The van der Waals surface area contributed by atoms with Crippen LogP contribution in [0.2, 0.25) is 38.3 Å². The number of unbranched alkanes of at least 4 members (excludes halogenated alkanes) is 3. The molecule has 0 heterocycles. The second-order valence-electron chi connectivity index (χ2n) is 8.46. The SMILES string of the molecule is C[SiH](C)CC[N+](C)(C)CCCCCCP(=O)(O)CC[SiH](C)C. The molecule has 0 rings (SSSR count). The van der Waals surface area contributed by atoms with Gasteiger partial charge in [-0.15, -0.1) is 0 Å². The van der Waals surface area contributed by atoms with E-state index in [-0.39, 0.29) is 0 Å². The lowest BCUT2D eigenvalue weighted by atomic mass is 10.2. The molecule has 0 aromatic heterocycles. The van der Waals surface area contributed by atoms with Crippen LogP contribution in [0.15, 0.2) is 0 Å². The van der Waals surface area contributed by atoms with Crippen LogP contribution in [0.4, 0.5) is 0 Å². The summed E-state index contributed by atoms with van der Waals surface area (Å²) in [6.45, 7) is 11.9. The van der Waals surface area contributed by atoms with E-state index in [4.69, 9.17) is 0 Å². The molecule has 6 heteroatoms. The fourth-order valence-electron chi connectivity index (χ4n) is 2.54. The van der Waals surface area contributed by atoms with Crippen molar-refractivity contribution in [3.05, 3.63) is 0 Å². The van der Waals surface area contributed by atoms with Crippen molar-refractivity contribution in [1.82, 2.24) is 0 Å². The van der Waals surface area contributed by atoms with Gasteiger partial charge in [-0.05, 0) is 25.3 Å². The van der Waals surface area contributed by atoms with Gasteiger partial charge in [-0.2, -0.15) is 0 Å². The molecule has 0 saturated carbocycles. The van der Waals surface area contributed by atoms with Gasteiger partial charge in [0.1, 0.15) is 0 Å². The van der Waals surface area contributed by atoms with Crippen molar-refractivity contribution in [2.24, 2.45) is 0 Å². The Kier molecular flexibility index (Phi) is 11.5. The first kappa shape index (κ1) is 22.6. The minimum Gasteiger partial charge on any atom is -0.344 e. The van der Waals surface area contributed by atoms with Crippen molar-refractivity contribution < 1.29 is 13.9 Å². The molecule has 1 atom stereocenters. The molecule has 0 amide bonds. The van der Waals surface area contributed by atoms with E-state index in [0.717, 1.165) is 23.4 Å². The minimum atomic E-state index is -2.81. The Morgan fingerprint density at radius 3 is 1.91 bits per heavy atom. The van der Waals surface area contributed by atoms with Gasteiger partial charge in [-0.3, -0.25) is 4.57 Å². The molecule has 1 N–H and O–H groups in total. The van der Waals surface area contributed by atoms with Crippen molar-refractivity contribution >= 4 is 25.0 Å². The van der Waals surface area contributed by atoms with Crippen LogP contribution >= 0.6 is 7.37 Å². The van der Waals surface area contributed by atoms with Gasteiger partial charge in [0.05, 0.1) is 27.2 Å². The van der Waals surface area contributed by atoms with Crippen LogP contribution in [-0.4, -0.2) is 66.5 Å². The molecule has 22 heavy (non-hydrogen) atoms. The number of quaternary nitrogens is 1. The third-order valence-corrected chi connectivity index (χ3v) is 9.70. The predicted molar refractivity (Wildman–Crippen MR) is 107 cm³/mol. The van der Waals surface area contributed by atoms with Gasteiger partial charge >= 0.3 is 0 Å². The largest absolute Gasteiger partial charge is 0.344 e. The zero-order valence-electron chi connectivity index (χ0n) is 16.0. The number of rotatable bonds is 13. The highest BCUT2D eigenvalue weighted by Crippen LogP contribution is 2.42. The number of hydrogen-bond acceptors (Lipinski definition) is 1. The average Bonchev–Trinajstić information content (AvgIpc) is 2.38. The summed E-state index contributed by atoms with van der Waals surface area (Å²) >= 11 is 0. The Bertz CT molecular complexity index is 336. The third-order valence-electron chi connectivity index (χ3n) is 4.39. The molecule has 0 aliphatic rings. The predicted octanol–water partition coefficient (Wildman–Crippen LogP) is 3.87. The van der Waals surface area contributed by atoms with Crippen LogP contribution in [0.5, 0.6) is 0 Å². The smallest absolute Gasteiger partial charge is 0.200 e. The summed E-state index contributed by atoms with van der Waals surface area (Å²) in [6.07, 6.45) is 5.62. The van der Waals surface area contributed by atoms with E-state index in [2.05, 4.69) is 40.3 Å². The molecule has 1 unspecified atom stereocenters. The monoisotopic (exact) mass is 366 g/mol. The van der Waals surface area contributed by atoms with Crippen molar-refractivity contribution in [1.29, 1.82) is 0 Å². The quantitative estimate of drug-likeness (QED) is 0.232. The van der Waals surface area contributed by atoms with Crippen LogP contribution in [0.3, 0.4) is 0 Å². The summed E-state index contributed by atoms with van der Waals surface area (Å²) in [5.74, 6) is 0. The Morgan fingerprint density at radius 1 is 0.818 bits per heavy atom. The molecule has 0 spiro atoms. The van der Waals surface area contributed by atoms with E-state index in [1.807, 2.05) is 0 Å². The summed E-state index contributed by atoms with van der Waals surface area (Å²) in [6, 6.07) is 2.44. The summed E-state index contributed by atoms with van der Waals surface area (Å²) in [5, 5.41) is 0. The molecule has 0 bridgehead atoms. The molecular formula is C16H41NO2PSi2+. The normalized spacial score (nSPS) is 15.5. The highest BCUT2D eigenvalue weighted by Gasteiger charge is 2.18. The molecule has 0 aromatic rings. The topological polar surface area (TPSA) is 37.3 Å². The third kappa shape index (κ3) is 14.2. The highest BCUT2D eigenvalue weighted by molar-refractivity contribution is 7.58. The standard InChI is InChI=1S/C16H40NO2PSi2/c1-17(2,12-15-21(3)4)11-9-7-8-10-13-20(18,19)14-16-22(5)6/h21-22H,7-16H2,1-6H3/p+1. The van der Waals surface area contributed by atoms with Crippen LogP contribution in [0.1, 0.15) is 25.7 Å². The lowest BCUT2D eigenvalue weighted by Crippen LogP contribution is -2.42. The Labute approximate surface area is 142 Å². The van der Waals surface area contributed by atoms with Crippen molar-refractivity contribution in [2.75, 3.05) is 39.5 Å². The second kappa shape index (κ2) is 11.2. The van der Waals surface area contributed by atoms with Crippen molar-refractivity contribution in [3.8, 4) is 0 Å². The minimum absolute atomic E-state index is 0.428. The molecule has 0 fully saturated rings. The number of hydrogen-bond donors (Lipinski definition) is 1. The maximum absolute atomic E-state index is 12.0. The van der Waals surface area contributed by atoms with E-state index >= 15 is 0 Å². The maximum Gasteiger partial charge on any atom is 0.200 e. The Balaban J connectivity index is 3.70. The van der Waals surface area contributed by atoms with Gasteiger partial charge in [0, 0.05) is 29.9 Å². The summed E-state index contributed by atoms with van der Waals surface area (Å²) in [4.78, 5) is 9.95. The fraction of sp³-hybridized carbons (Fsp3) is 1.00. The maximum atomic E-state index is 12.0. The summed E-state index contributed by atoms with van der Waals surface area (Å²) in [5.41, 5.74) is 0. The molecule has 134 valence electrons. The van der Waals surface area contributed by atoms with E-state index < -0.39 is 25.0 Å². The van der Waals surface area contributed by atoms with E-state index in [1.165, 1.54) is 32.0 Å². The zero-order chi connectivity index (χ0) is 17.2. The van der Waals surface area contributed by atoms with Gasteiger partial charge in [0.2, 0.25) is 0 Å². The van der Waals surface area contributed by atoms with Gasteiger partial charge in [-0.25, -0.2) is 0 Å². The summed E-state index contributed by atoms with van der Waals surface area (Å²) < 4.78 is 13.2. The lowest BCUT2D eigenvalue weighted by Gasteiger charge is -2.30. The van der Waals surface area contributed by atoms with Crippen LogP contribution in [0, 0.1) is 0 Å². The van der Waals surface area contributed by atoms with Gasteiger partial charge < -0.3 is 9.38 Å². The fourth-order valence-corrected chi connectivity index (χ4v) is 8.38. The van der Waals surface area contributed by atoms with Gasteiger partial charge in [0.15, 0.2) is 7.37 Å². The van der Waals surface area contributed by atoms with Crippen LogP contribution in [-0.2, 0) is 4.57 Å². The van der Waals surface area contributed by atoms with E-state index in [1.54, 1.807) is 0 Å². The first-order chi connectivity index (χ1) is 10.0. The van der Waals surface area contributed by atoms with Crippen LogP contribution < -0.4 is 0 Å². The number of nitrogens with zero attached hydrogens (tertiary/aromatic N) is 1. The highest BCUT2D eigenvalue weighted by atomic mass is 31.2. The molecule has 0 aliphatic carbocycles. The molecule has 0 aromatic carbocycles. The Hall–Kier alpha value is 0.584. The molecule has 0 aliphatic heterocycles. The molecule has 3 nitrogen and oxygen atoms in total. The lowest BCUT2D eigenvalue weighted by molar-refractivity contribution is -0.888. The average molecular weight is 367 g/mol. The van der Waals surface area contributed by atoms with E-state index in [0.29, 0.717) is 12.3 Å². The molecular weight excluding hydrogens is 325 g/mol. The van der Waals surface area contributed by atoms with Crippen LogP contribution in [0.25, 0.3) is 0 Å².